The van der Waals surface area contributed by atoms with Crippen molar-refractivity contribution >= 4 is 23.8 Å². The number of nitrogen functional groups attached to an aromatic ring is 1. The second-order valence-corrected chi connectivity index (χ2v) is 7.92. The maximum atomic E-state index is 11.9. The molecule has 1 heterocycles. The number of aromatic nitrogens is 2. The monoisotopic (exact) mass is 480 g/mol. The zero-order valence-electron chi connectivity index (χ0n) is 22.4. The zero-order valence-corrected chi connectivity index (χ0v) is 22.4. The van der Waals surface area contributed by atoms with Crippen LogP contribution in [0.5, 0.6) is 0 Å². The average Bonchev–Trinajstić information content (AvgIpc) is 2.76. The number of hydrogen-bond donors (Lipinski definition) is 3. The van der Waals surface area contributed by atoms with Gasteiger partial charge in [0.2, 0.25) is 11.9 Å². The lowest BCUT2D eigenvalue weighted by Gasteiger charge is -2.24. The number of methoxy groups -OCH3 is 1. The Balaban J connectivity index is 0. The molecule has 0 unspecified atom stereocenters. The second kappa shape index (κ2) is 19.4. The molecule has 0 fully saturated rings. The highest BCUT2D eigenvalue weighted by molar-refractivity contribution is 5.82. The molecule has 0 saturated heterocycles. The van der Waals surface area contributed by atoms with E-state index in [1.165, 1.54) is 11.9 Å². The van der Waals surface area contributed by atoms with E-state index in [-0.39, 0.29) is 18.4 Å². The topological polar surface area (TPSA) is 132 Å². The van der Waals surface area contributed by atoms with E-state index in [1.54, 1.807) is 41.2 Å². The largest absolute Gasteiger partial charge is 0.444 e. The third kappa shape index (κ3) is 17.5. The summed E-state index contributed by atoms with van der Waals surface area (Å²) in [5.74, 6) is 6.67. The van der Waals surface area contributed by atoms with Gasteiger partial charge in [-0.2, -0.15) is 4.98 Å². The minimum atomic E-state index is -0.595. The molecule has 0 aromatic carbocycles. The summed E-state index contributed by atoms with van der Waals surface area (Å²) in [6, 6.07) is 0. The van der Waals surface area contributed by atoms with E-state index in [0.717, 1.165) is 13.0 Å². The summed E-state index contributed by atoms with van der Waals surface area (Å²) < 4.78 is 9.46. The quantitative estimate of drug-likeness (QED) is 0.381. The van der Waals surface area contributed by atoms with Crippen LogP contribution in [0.1, 0.15) is 66.4 Å². The van der Waals surface area contributed by atoms with Crippen LogP contribution in [0.4, 0.5) is 16.6 Å². The molecule has 10 heteroatoms. The molecular formula is C24H44N6O4. The van der Waals surface area contributed by atoms with E-state index in [1.807, 2.05) is 13.8 Å². The molecule has 10 nitrogen and oxygen atoms in total. The van der Waals surface area contributed by atoms with Crippen LogP contribution < -0.4 is 16.4 Å². The molecule has 1 rings (SSSR count). The maximum absolute atomic E-state index is 11.9. The van der Waals surface area contributed by atoms with Crippen LogP contribution in [-0.4, -0.2) is 73.4 Å². The fraction of sp³-hybridized carbons (Fsp3) is 0.667. The number of ether oxygens (including phenoxy) is 2. The number of nitrogens with one attached hydrogen (secondary N) is 2. The molecule has 194 valence electrons. The van der Waals surface area contributed by atoms with Crippen molar-refractivity contribution in [2.45, 2.75) is 66.4 Å². The predicted octanol–water partition coefficient (Wildman–Crippen LogP) is 3.28. The molecule has 1 aromatic heterocycles. The average molecular weight is 481 g/mol. The first-order valence-corrected chi connectivity index (χ1v) is 11.5. The Morgan fingerprint density at radius 2 is 1.82 bits per heavy atom. The summed E-state index contributed by atoms with van der Waals surface area (Å²) in [6.07, 6.45) is 3.31. The fourth-order valence-electron chi connectivity index (χ4n) is 2.10. The van der Waals surface area contributed by atoms with Crippen LogP contribution in [-0.2, 0) is 14.3 Å². The zero-order chi connectivity index (χ0) is 26.6. The lowest BCUT2D eigenvalue weighted by molar-refractivity contribution is -0.122. The number of amides is 2. The minimum Gasteiger partial charge on any atom is -0.444 e. The number of anilines is 2. The van der Waals surface area contributed by atoms with Crippen molar-refractivity contribution in [3.05, 3.63) is 11.8 Å². The molecule has 0 spiro atoms. The van der Waals surface area contributed by atoms with Crippen LogP contribution in [0.15, 0.2) is 6.20 Å². The summed E-state index contributed by atoms with van der Waals surface area (Å²) in [7, 11) is 4.78. The van der Waals surface area contributed by atoms with Crippen LogP contribution in [0.25, 0.3) is 0 Å². The Hall–Kier alpha value is -3.06. The van der Waals surface area contributed by atoms with Gasteiger partial charge in [0.25, 0.3) is 0 Å². The van der Waals surface area contributed by atoms with Crippen LogP contribution in [0, 0.1) is 11.8 Å². The van der Waals surface area contributed by atoms with Gasteiger partial charge in [-0.25, -0.2) is 9.78 Å². The van der Waals surface area contributed by atoms with E-state index in [9.17, 15) is 9.59 Å². The molecular weight excluding hydrogens is 436 g/mol. The van der Waals surface area contributed by atoms with Crippen LogP contribution >= 0.6 is 0 Å². The molecule has 4 N–H and O–H groups in total. The first-order valence-electron chi connectivity index (χ1n) is 11.5. The number of likely N-dealkylation sites (N-methyl/N-ethyl adjacent to an activating group) is 1. The van der Waals surface area contributed by atoms with Crippen molar-refractivity contribution in [3.63, 3.8) is 0 Å². The number of unbranched alkanes of at least 4 members (excludes halogenated alkanes) is 1. The van der Waals surface area contributed by atoms with Gasteiger partial charge in [0, 0.05) is 40.8 Å². The van der Waals surface area contributed by atoms with Crippen LogP contribution in [0.3, 0.4) is 0 Å². The highest BCUT2D eigenvalue weighted by Crippen LogP contribution is 2.11. The normalized spacial score (nSPS) is 9.68. The maximum Gasteiger partial charge on any atom is 0.410 e. The molecule has 0 aliphatic rings. The number of nitrogens with two attached hydrogens (primary N) is 1. The van der Waals surface area contributed by atoms with E-state index < -0.39 is 11.7 Å². The molecule has 0 bridgehead atoms. The SMILES string of the molecule is CC.CCCNc1nc(N)ncc1C#CCCCNC(=O)CN(C)C(=O)OC(C)(C)C.COC. The molecule has 34 heavy (non-hydrogen) atoms. The van der Waals surface area contributed by atoms with Crippen molar-refractivity contribution in [2.75, 3.05) is 52.0 Å². The summed E-state index contributed by atoms with van der Waals surface area (Å²) >= 11 is 0. The Morgan fingerprint density at radius 3 is 2.38 bits per heavy atom. The van der Waals surface area contributed by atoms with Gasteiger partial charge in [-0.3, -0.25) is 4.79 Å². The van der Waals surface area contributed by atoms with E-state index in [4.69, 9.17) is 10.5 Å². The van der Waals surface area contributed by atoms with Gasteiger partial charge in [0.1, 0.15) is 18.0 Å². The number of carbonyl (C=O) groups is 2. The summed E-state index contributed by atoms with van der Waals surface area (Å²) in [5.41, 5.74) is 5.72. The Labute approximate surface area is 205 Å². The molecule has 1 aromatic rings. The number of nitrogens with zero attached hydrogens (tertiary/aromatic N) is 3. The Kier molecular flexibility index (Phi) is 18.9. The molecule has 0 saturated carbocycles. The van der Waals surface area contributed by atoms with Crippen molar-refractivity contribution < 1.29 is 19.1 Å². The van der Waals surface area contributed by atoms with Crippen molar-refractivity contribution in [1.29, 1.82) is 0 Å². The third-order valence-electron chi connectivity index (χ3n) is 3.46. The van der Waals surface area contributed by atoms with Gasteiger partial charge in [-0.15, -0.1) is 0 Å². The third-order valence-corrected chi connectivity index (χ3v) is 3.46. The molecule has 0 atom stereocenters. The number of hydrogen-bond acceptors (Lipinski definition) is 8. The Bertz CT molecular complexity index is 769. The summed E-state index contributed by atoms with van der Waals surface area (Å²) in [6.45, 7) is 12.6. The van der Waals surface area contributed by atoms with Gasteiger partial charge in [0.15, 0.2) is 0 Å². The summed E-state index contributed by atoms with van der Waals surface area (Å²) in [4.78, 5) is 33.1. The van der Waals surface area contributed by atoms with E-state index in [2.05, 4.69) is 44.1 Å². The summed E-state index contributed by atoms with van der Waals surface area (Å²) in [5, 5.41) is 5.95. The van der Waals surface area contributed by atoms with Gasteiger partial charge in [-0.05, 0) is 33.6 Å². The smallest absolute Gasteiger partial charge is 0.410 e. The minimum absolute atomic E-state index is 0.0597. The fourth-order valence-corrected chi connectivity index (χ4v) is 2.10. The first-order chi connectivity index (χ1) is 16.0. The van der Waals surface area contributed by atoms with Crippen molar-refractivity contribution in [1.82, 2.24) is 20.2 Å². The highest BCUT2D eigenvalue weighted by Gasteiger charge is 2.20. The van der Waals surface area contributed by atoms with Gasteiger partial charge in [-0.1, -0.05) is 32.6 Å². The van der Waals surface area contributed by atoms with Crippen molar-refractivity contribution in [2.24, 2.45) is 0 Å². The van der Waals surface area contributed by atoms with E-state index in [0.29, 0.717) is 30.8 Å². The number of carbonyl (C=O) groups excluding carboxylic acids is 2. The number of rotatable bonds is 8. The molecule has 0 aliphatic carbocycles. The van der Waals surface area contributed by atoms with Crippen molar-refractivity contribution in [3.8, 4) is 11.8 Å². The molecule has 0 radical (unpaired) electrons. The van der Waals surface area contributed by atoms with Gasteiger partial charge >= 0.3 is 6.09 Å². The van der Waals surface area contributed by atoms with E-state index >= 15 is 0 Å². The Morgan fingerprint density at radius 1 is 1.21 bits per heavy atom. The second-order valence-electron chi connectivity index (χ2n) is 7.92. The molecule has 0 aliphatic heterocycles. The lowest BCUT2D eigenvalue weighted by atomic mass is 10.2. The lowest BCUT2D eigenvalue weighted by Crippen LogP contribution is -2.41. The van der Waals surface area contributed by atoms with Crippen LogP contribution in [0.2, 0.25) is 0 Å². The highest BCUT2D eigenvalue weighted by atomic mass is 16.6. The van der Waals surface area contributed by atoms with Gasteiger partial charge in [0.05, 0.1) is 11.8 Å². The first kappa shape index (κ1) is 33.1. The molecule has 2 amide bonds. The predicted molar refractivity (Wildman–Crippen MR) is 137 cm³/mol. The standard InChI is InChI=1S/C20H32N6O3.C2H6O.C2H6/c1-6-11-23-17-15(13-24-18(21)25-17)10-8-7-9-12-22-16(27)14-26(5)19(28)29-20(2,3)4;1-3-2;1-2/h13H,6-7,9,11-12,14H2,1-5H3,(H,22,27)(H3,21,23,24,25);1-2H3;1-2H3. The van der Waals surface area contributed by atoms with Gasteiger partial charge < -0.3 is 30.7 Å².